The fourth-order valence-corrected chi connectivity index (χ4v) is 2.08. The predicted octanol–water partition coefficient (Wildman–Crippen LogP) is 4.75. The predicted molar refractivity (Wildman–Crippen MR) is 91.5 cm³/mol. The molecule has 2 N–H and O–H groups in total. The van der Waals surface area contributed by atoms with Gasteiger partial charge in [0.1, 0.15) is 0 Å². The van der Waals surface area contributed by atoms with E-state index in [4.69, 9.17) is 23.2 Å². The number of hydrazone groups is 1. The van der Waals surface area contributed by atoms with E-state index < -0.39 is 0 Å². The Morgan fingerprint density at radius 2 is 1.81 bits per heavy atom. The van der Waals surface area contributed by atoms with E-state index in [9.17, 15) is 4.79 Å². The smallest absolute Gasteiger partial charge is 0.283 e. The lowest BCUT2D eigenvalue weighted by Crippen LogP contribution is -2.19. The van der Waals surface area contributed by atoms with E-state index in [1.54, 1.807) is 30.3 Å². The lowest BCUT2D eigenvalue weighted by molar-refractivity contribution is -0.110. The van der Waals surface area contributed by atoms with Gasteiger partial charge in [0.15, 0.2) is 4.62 Å². The van der Waals surface area contributed by atoms with Crippen LogP contribution in [0.4, 0.5) is 11.4 Å². The van der Waals surface area contributed by atoms with Crippen LogP contribution in [-0.2, 0) is 4.79 Å². The molecule has 108 valence electrons. The van der Waals surface area contributed by atoms with Gasteiger partial charge in [-0.3, -0.25) is 10.2 Å². The molecule has 0 radical (unpaired) electrons. The minimum absolute atomic E-state index is 0.0948. The lowest BCUT2D eigenvalue weighted by atomic mass is 10.3. The minimum atomic E-state index is -0.376. The third kappa shape index (κ3) is 4.74. The molecule has 2 rings (SSSR count). The molecule has 0 aliphatic heterocycles. The molecule has 0 aliphatic rings. The summed E-state index contributed by atoms with van der Waals surface area (Å²) in [5, 5.41) is 7.55. The highest BCUT2D eigenvalue weighted by molar-refractivity contribution is 9.19. The molecule has 0 spiro atoms. The number of carbonyl (C=O) groups is 1. The number of benzene rings is 2. The Labute approximate surface area is 140 Å². The van der Waals surface area contributed by atoms with Crippen molar-refractivity contribution in [2.24, 2.45) is 5.10 Å². The molecule has 1 amide bonds. The number of hydrogen-bond donors (Lipinski definition) is 2. The Hall–Kier alpha value is -1.56. The number of halogens is 3. The first-order valence-electron chi connectivity index (χ1n) is 5.87. The van der Waals surface area contributed by atoms with Crippen LogP contribution in [0.25, 0.3) is 0 Å². The number of hydrogen-bond acceptors (Lipinski definition) is 3. The molecular formula is C14H10BrCl2N3O. The van der Waals surface area contributed by atoms with Gasteiger partial charge >= 0.3 is 0 Å². The third-order valence-corrected chi connectivity index (χ3v) is 3.51. The number of para-hydroxylation sites is 1. The average molecular weight is 387 g/mol. The summed E-state index contributed by atoms with van der Waals surface area (Å²) in [4.78, 5) is 11.9. The van der Waals surface area contributed by atoms with Crippen molar-refractivity contribution in [1.29, 1.82) is 0 Å². The van der Waals surface area contributed by atoms with Crippen molar-refractivity contribution in [3.05, 3.63) is 58.6 Å². The fourth-order valence-electron chi connectivity index (χ4n) is 1.44. The highest BCUT2D eigenvalue weighted by Gasteiger charge is 2.08. The van der Waals surface area contributed by atoms with Gasteiger partial charge in [0, 0.05) is 10.7 Å². The Morgan fingerprint density at radius 1 is 1.10 bits per heavy atom. The largest absolute Gasteiger partial charge is 0.320 e. The van der Waals surface area contributed by atoms with Crippen molar-refractivity contribution in [3.8, 4) is 0 Å². The molecule has 0 saturated heterocycles. The zero-order valence-electron chi connectivity index (χ0n) is 10.6. The summed E-state index contributed by atoms with van der Waals surface area (Å²) in [6.45, 7) is 0. The van der Waals surface area contributed by atoms with Crippen molar-refractivity contribution in [2.45, 2.75) is 0 Å². The first-order valence-corrected chi connectivity index (χ1v) is 7.42. The van der Waals surface area contributed by atoms with E-state index in [2.05, 4.69) is 31.8 Å². The molecule has 0 fully saturated rings. The molecule has 0 unspecified atom stereocenters. The third-order valence-electron chi connectivity index (χ3n) is 2.42. The standard InChI is InChI=1S/C14H10BrCl2N3O/c15-13(14(21)18-10-4-2-1-3-5-10)20-19-12-7-6-9(16)8-11(12)17/h1-8,19H,(H,18,21)/b20-13+. The van der Waals surface area contributed by atoms with Crippen LogP contribution in [-0.4, -0.2) is 10.5 Å². The molecule has 0 heterocycles. The summed E-state index contributed by atoms with van der Waals surface area (Å²) in [7, 11) is 0. The second kappa shape index (κ2) is 7.45. The summed E-state index contributed by atoms with van der Waals surface area (Å²) in [5.74, 6) is -0.376. The molecule has 2 aromatic carbocycles. The van der Waals surface area contributed by atoms with Gasteiger partial charge in [-0.15, -0.1) is 0 Å². The number of nitrogens with zero attached hydrogens (tertiary/aromatic N) is 1. The maximum Gasteiger partial charge on any atom is 0.283 e. The molecule has 0 bridgehead atoms. The maximum absolute atomic E-state index is 11.9. The van der Waals surface area contributed by atoms with Gasteiger partial charge in [0.05, 0.1) is 10.7 Å². The first kappa shape index (κ1) is 15.8. The minimum Gasteiger partial charge on any atom is -0.320 e. The quantitative estimate of drug-likeness (QED) is 0.588. The van der Waals surface area contributed by atoms with Crippen LogP contribution in [0.1, 0.15) is 0 Å². The average Bonchev–Trinajstić information content (AvgIpc) is 2.47. The van der Waals surface area contributed by atoms with Gasteiger partial charge in [-0.25, -0.2) is 0 Å². The Bertz CT molecular complexity index is 677. The van der Waals surface area contributed by atoms with E-state index in [0.717, 1.165) is 0 Å². The SMILES string of the molecule is O=C(Nc1ccccc1)/C(Br)=N\Nc1ccc(Cl)cc1Cl. The molecule has 0 aromatic heterocycles. The van der Waals surface area contributed by atoms with Gasteiger partial charge in [0.25, 0.3) is 5.91 Å². The molecule has 2 aromatic rings. The van der Waals surface area contributed by atoms with Crippen molar-refractivity contribution < 1.29 is 4.79 Å². The van der Waals surface area contributed by atoms with Gasteiger partial charge in [-0.05, 0) is 46.3 Å². The Morgan fingerprint density at radius 3 is 2.48 bits per heavy atom. The van der Waals surface area contributed by atoms with E-state index in [1.165, 1.54) is 0 Å². The van der Waals surface area contributed by atoms with E-state index in [-0.39, 0.29) is 10.5 Å². The van der Waals surface area contributed by atoms with Gasteiger partial charge in [-0.1, -0.05) is 41.4 Å². The molecule has 21 heavy (non-hydrogen) atoms. The molecule has 0 saturated carbocycles. The Balaban J connectivity index is 2.02. The number of carbonyl (C=O) groups excluding carboxylic acids is 1. The monoisotopic (exact) mass is 385 g/mol. The van der Waals surface area contributed by atoms with Gasteiger partial charge < -0.3 is 5.32 Å². The van der Waals surface area contributed by atoms with Crippen LogP contribution < -0.4 is 10.7 Å². The Kier molecular flexibility index (Phi) is 5.61. The normalized spacial score (nSPS) is 11.1. The second-order valence-electron chi connectivity index (χ2n) is 3.96. The van der Waals surface area contributed by atoms with Crippen molar-refractivity contribution in [1.82, 2.24) is 0 Å². The van der Waals surface area contributed by atoms with Crippen LogP contribution in [0.5, 0.6) is 0 Å². The number of nitrogens with one attached hydrogen (secondary N) is 2. The van der Waals surface area contributed by atoms with Crippen LogP contribution in [0, 0.1) is 0 Å². The highest BCUT2D eigenvalue weighted by atomic mass is 79.9. The zero-order valence-corrected chi connectivity index (χ0v) is 13.7. The van der Waals surface area contributed by atoms with Crippen LogP contribution in [0.15, 0.2) is 53.6 Å². The summed E-state index contributed by atoms with van der Waals surface area (Å²) >= 11 is 14.9. The summed E-state index contributed by atoms with van der Waals surface area (Å²) in [6.07, 6.45) is 0. The molecule has 0 atom stereocenters. The topological polar surface area (TPSA) is 53.5 Å². The molecule has 0 aliphatic carbocycles. The van der Waals surface area contributed by atoms with E-state index in [0.29, 0.717) is 21.4 Å². The lowest BCUT2D eigenvalue weighted by Gasteiger charge is -2.06. The van der Waals surface area contributed by atoms with Crippen molar-refractivity contribution in [3.63, 3.8) is 0 Å². The maximum atomic E-state index is 11.9. The first-order chi connectivity index (χ1) is 10.1. The summed E-state index contributed by atoms with van der Waals surface area (Å²) in [6, 6.07) is 14.0. The van der Waals surface area contributed by atoms with Gasteiger partial charge in [-0.2, -0.15) is 5.10 Å². The highest BCUT2D eigenvalue weighted by Crippen LogP contribution is 2.25. The van der Waals surface area contributed by atoms with E-state index >= 15 is 0 Å². The summed E-state index contributed by atoms with van der Waals surface area (Å²) in [5.41, 5.74) is 3.92. The van der Waals surface area contributed by atoms with Crippen LogP contribution in [0.2, 0.25) is 10.0 Å². The number of amides is 1. The zero-order chi connectivity index (χ0) is 15.2. The number of anilines is 2. The van der Waals surface area contributed by atoms with Crippen molar-refractivity contribution in [2.75, 3.05) is 10.7 Å². The van der Waals surface area contributed by atoms with Crippen LogP contribution >= 0.6 is 39.1 Å². The van der Waals surface area contributed by atoms with E-state index in [1.807, 2.05) is 18.2 Å². The molecule has 7 heteroatoms. The van der Waals surface area contributed by atoms with Gasteiger partial charge in [0.2, 0.25) is 0 Å². The van der Waals surface area contributed by atoms with Crippen molar-refractivity contribution >= 4 is 61.0 Å². The van der Waals surface area contributed by atoms with Crippen LogP contribution in [0.3, 0.4) is 0 Å². The fraction of sp³-hybridized carbons (Fsp3) is 0. The molecule has 4 nitrogen and oxygen atoms in total. The number of rotatable bonds is 4. The second-order valence-corrected chi connectivity index (χ2v) is 5.55. The molecular weight excluding hydrogens is 377 g/mol. The summed E-state index contributed by atoms with van der Waals surface area (Å²) < 4.78 is 0.0948.